The number of nitrogens with one attached hydrogen (secondary N) is 1. The molecule has 4 rings (SSSR count). The Morgan fingerprint density at radius 3 is 2.39 bits per heavy atom. The van der Waals surface area contributed by atoms with E-state index in [1.54, 1.807) is 36.1 Å². The highest BCUT2D eigenvalue weighted by Crippen LogP contribution is 2.31. The molecule has 8 heteroatoms. The average molecular weight is 425 g/mol. The summed E-state index contributed by atoms with van der Waals surface area (Å²) in [6.45, 7) is 2.47. The Morgan fingerprint density at radius 1 is 1.10 bits per heavy atom. The fourth-order valence-corrected chi connectivity index (χ4v) is 4.05. The molecule has 2 heterocycles. The molecule has 0 saturated carbocycles. The van der Waals surface area contributed by atoms with Gasteiger partial charge in [0.05, 0.1) is 6.54 Å². The molecule has 1 atom stereocenters. The van der Waals surface area contributed by atoms with E-state index in [-0.39, 0.29) is 24.2 Å². The van der Waals surface area contributed by atoms with Gasteiger partial charge < -0.3 is 15.0 Å². The highest BCUT2D eigenvalue weighted by Gasteiger charge is 2.52. The second-order valence-corrected chi connectivity index (χ2v) is 7.93. The van der Waals surface area contributed by atoms with Gasteiger partial charge in [-0.15, -0.1) is 0 Å². The second kappa shape index (κ2) is 8.37. The van der Waals surface area contributed by atoms with Crippen LogP contribution in [-0.2, 0) is 16.1 Å². The van der Waals surface area contributed by atoms with Crippen molar-refractivity contribution in [2.24, 2.45) is 0 Å². The first-order valence-corrected chi connectivity index (χ1v) is 10.3. The number of piperidine rings is 1. The summed E-state index contributed by atoms with van der Waals surface area (Å²) in [7, 11) is 0. The van der Waals surface area contributed by atoms with Gasteiger partial charge in [-0.2, -0.15) is 0 Å². The summed E-state index contributed by atoms with van der Waals surface area (Å²) in [5, 5.41) is 2.82. The van der Waals surface area contributed by atoms with Gasteiger partial charge in [0.15, 0.2) is 6.10 Å². The first kappa shape index (κ1) is 20.8. The van der Waals surface area contributed by atoms with Crippen molar-refractivity contribution < 1.29 is 23.5 Å². The van der Waals surface area contributed by atoms with Crippen molar-refractivity contribution in [3.05, 3.63) is 66.0 Å². The molecule has 0 aliphatic carbocycles. The molecule has 0 aromatic heterocycles. The number of ether oxygens (including phenoxy) is 1. The Bertz CT molecular complexity index is 972. The SMILES string of the molecule is C[C@@H](Oc1ccccc1)C(=O)N1CCC2(CC1)NC(=O)N(Cc1ccc(F)cc1)C2=O. The van der Waals surface area contributed by atoms with E-state index in [0.29, 0.717) is 37.2 Å². The number of carbonyl (C=O) groups is 3. The quantitative estimate of drug-likeness (QED) is 0.748. The van der Waals surface area contributed by atoms with Gasteiger partial charge in [0.25, 0.3) is 11.8 Å². The molecule has 2 saturated heterocycles. The summed E-state index contributed by atoms with van der Waals surface area (Å²) >= 11 is 0. The number of benzene rings is 2. The lowest BCUT2D eigenvalue weighted by molar-refractivity contribution is -0.142. The number of hydrogen-bond donors (Lipinski definition) is 1. The van der Waals surface area contributed by atoms with E-state index in [1.807, 2.05) is 18.2 Å². The van der Waals surface area contributed by atoms with Gasteiger partial charge in [-0.05, 0) is 49.6 Å². The van der Waals surface area contributed by atoms with E-state index in [9.17, 15) is 18.8 Å². The van der Waals surface area contributed by atoms with Crippen LogP contribution in [0.2, 0.25) is 0 Å². The van der Waals surface area contributed by atoms with E-state index < -0.39 is 17.7 Å². The lowest BCUT2D eigenvalue weighted by Crippen LogP contribution is -2.57. The van der Waals surface area contributed by atoms with Gasteiger partial charge in [0.1, 0.15) is 17.1 Å². The summed E-state index contributed by atoms with van der Waals surface area (Å²) < 4.78 is 18.8. The molecular formula is C23H24FN3O4. The normalized spacial score (nSPS) is 18.8. The van der Waals surface area contributed by atoms with Gasteiger partial charge in [-0.25, -0.2) is 9.18 Å². The maximum atomic E-state index is 13.1. The highest BCUT2D eigenvalue weighted by atomic mass is 19.1. The van der Waals surface area contributed by atoms with E-state index in [4.69, 9.17) is 4.74 Å². The van der Waals surface area contributed by atoms with Crippen LogP contribution in [0.25, 0.3) is 0 Å². The third kappa shape index (κ3) is 4.23. The number of hydrogen-bond acceptors (Lipinski definition) is 4. The van der Waals surface area contributed by atoms with Crippen molar-refractivity contribution in [1.29, 1.82) is 0 Å². The number of carbonyl (C=O) groups excluding carboxylic acids is 3. The highest BCUT2D eigenvalue weighted by molar-refractivity contribution is 6.07. The molecule has 7 nitrogen and oxygen atoms in total. The number of amides is 4. The first-order valence-electron chi connectivity index (χ1n) is 10.3. The lowest BCUT2D eigenvalue weighted by atomic mass is 9.87. The predicted molar refractivity (Wildman–Crippen MR) is 111 cm³/mol. The van der Waals surface area contributed by atoms with Gasteiger partial charge in [-0.1, -0.05) is 30.3 Å². The standard InChI is InChI=1S/C23H24FN3O4/c1-16(31-19-5-3-2-4-6-19)20(28)26-13-11-23(12-14-26)21(29)27(22(30)25-23)15-17-7-9-18(24)10-8-17/h2-10,16H,11-15H2,1H3,(H,25,30)/t16-/m1/s1. The van der Waals surface area contributed by atoms with Crippen molar-refractivity contribution in [3.63, 3.8) is 0 Å². The van der Waals surface area contributed by atoms with Crippen LogP contribution in [0, 0.1) is 5.82 Å². The van der Waals surface area contributed by atoms with Crippen LogP contribution in [-0.4, -0.2) is 52.4 Å². The molecule has 2 aromatic rings. The molecule has 31 heavy (non-hydrogen) atoms. The number of halogens is 1. The summed E-state index contributed by atoms with van der Waals surface area (Å²) in [6, 6.07) is 14.4. The molecule has 2 aliphatic rings. The zero-order valence-corrected chi connectivity index (χ0v) is 17.2. The van der Waals surface area contributed by atoms with E-state index in [2.05, 4.69) is 5.32 Å². The molecule has 0 radical (unpaired) electrons. The Kier molecular flexibility index (Phi) is 5.63. The van der Waals surface area contributed by atoms with Crippen molar-refractivity contribution in [2.45, 2.75) is 38.0 Å². The van der Waals surface area contributed by atoms with Crippen molar-refractivity contribution in [2.75, 3.05) is 13.1 Å². The Hall–Kier alpha value is -3.42. The average Bonchev–Trinajstić information content (AvgIpc) is 3.00. The third-order valence-electron chi connectivity index (χ3n) is 5.83. The van der Waals surface area contributed by atoms with Crippen LogP contribution < -0.4 is 10.1 Å². The molecule has 2 fully saturated rings. The van der Waals surface area contributed by atoms with Crippen LogP contribution >= 0.6 is 0 Å². The molecule has 4 amide bonds. The first-order chi connectivity index (χ1) is 14.9. The van der Waals surface area contributed by atoms with Crippen LogP contribution in [0.4, 0.5) is 9.18 Å². The maximum Gasteiger partial charge on any atom is 0.325 e. The number of urea groups is 1. The zero-order valence-electron chi connectivity index (χ0n) is 17.2. The predicted octanol–water partition coefficient (Wildman–Crippen LogP) is 2.71. The third-order valence-corrected chi connectivity index (χ3v) is 5.83. The van der Waals surface area contributed by atoms with Gasteiger partial charge in [-0.3, -0.25) is 14.5 Å². The summed E-state index contributed by atoms with van der Waals surface area (Å²) in [5.41, 5.74) is -0.335. The largest absolute Gasteiger partial charge is 0.481 e. The number of likely N-dealkylation sites (tertiary alicyclic amines) is 1. The topological polar surface area (TPSA) is 79.0 Å². The Balaban J connectivity index is 1.37. The maximum absolute atomic E-state index is 13.1. The summed E-state index contributed by atoms with van der Waals surface area (Å²) in [6.07, 6.45) is 0.0167. The summed E-state index contributed by atoms with van der Waals surface area (Å²) in [5.74, 6) is -0.215. The minimum Gasteiger partial charge on any atom is -0.481 e. The van der Waals surface area contributed by atoms with Gasteiger partial charge in [0.2, 0.25) is 0 Å². The van der Waals surface area contributed by atoms with E-state index in [0.717, 1.165) is 4.90 Å². The fourth-order valence-electron chi connectivity index (χ4n) is 4.05. The van der Waals surface area contributed by atoms with Gasteiger partial charge >= 0.3 is 6.03 Å². The Morgan fingerprint density at radius 2 is 1.74 bits per heavy atom. The van der Waals surface area contributed by atoms with Crippen molar-refractivity contribution in [1.82, 2.24) is 15.1 Å². The number of rotatable bonds is 5. The lowest BCUT2D eigenvalue weighted by Gasteiger charge is -2.38. The Labute approximate surface area is 179 Å². The molecule has 0 bridgehead atoms. The smallest absolute Gasteiger partial charge is 0.325 e. The van der Waals surface area contributed by atoms with Crippen LogP contribution in [0.3, 0.4) is 0 Å². The van der Waals surface area contributed by atoms with Crippen LogP contribution in [0.15, 0.2) is 54.6 Å². The fraction of sp³-hybridized carbons (Fsp3) is 0.348. The van der Waals surface area contributed by atoms with Crippen molar-refractivity contribution >= 4 is 17.8 Å². The monoisotopic (exact) mass is 425 g/mol. The molecule has 2 aromatic carbocycles. The minimum absolute atomic E-state index is 0.0806. The second-order valence-electron chi connectivity index (χ2n) is 7.93. The molecule has 1 spiro atoms. The van der Waals surface area contributed by atoms with Crippen LogP contribution in [0.5, 0.6) is 5.75 Å². The molecule has 1 N–H and O–H groups in total. The molecule has 162 valence electrons. The summed E-state index contributed by atoms with van der Waals surface area (Å²) in [4.78, 5) is 41.1. The zero-order chi connectivity index (χ0) is 22.0. The molecule has 0 unspecified atom stereocenters. The van der Waals surface area contributed by atoms with E-state index in [1.165, 1.54) is 12.1 Å². The van der Waals surface area contributed by atoms with Crippen molar-refractivity contribution in [3.8, 4) is 5.75 Å². The minimum atomic E-state index is -1.00. The molecule has 2 aliphatic heterocycles. The molecular weight excluding hydrogens is 401 g/mol. The number of para-hydroxylation sites is 1. The number of nitrogens with zero attached hydrogens (tertiary/aromatic N) is 2. The van der Waals surface area contributed by atoms with Crippen LogP contribution in [0.1, 0.15) is 25.3 Å². The number of imide groups is 1. The van der Waals surface area contributed by atoms with Gasteiger partial charge in [0, 0.05) is 13.1 Å². The van der Waals surface area contributed by atoms with E-state index >= 15 is 0 Å².